The molecule has 0 saturated heterocycles. The Morgan fingerprint density at radius 1 is 0.981 bits per heavy atom. The van der Waals surface area contributed by atoms with Crippen LogP contribution < -0.4 is 10.5 Å². The van der Waals surface area contributed by atoms with E-state index in [1.165, 1.54) is 27.8 Å². The molecule has 0 aliphatic carbocycles. The molecule has 1 amide bonds. The monoisotopic (exact) mass is 697 g/mol. The normalized spacial score (nSPS) is 16.8. The smallest absolute Gasteiger partial charge is 0.279 e. The number of rotatable bonds is 12. The number of aliphatic hydroxyl groups excluding tert-OH is 1. The lowest BCUT2D eigenvalue weighted by Crippen LogP contribution is -2.44. The second kappa shape index (κ2) is 14.1. The highest BCUT2D eigenvalue weighted by molar-refractivity contribution is 6.07. The number of aryl methyl sites for hydroxylation is 1. The Morgan fingerprint density at radius 2 is 1.77 bits per heavy atom. The van der Waals surface area contributed by atoms with Crippen LogP contribution in [0.1, 0.15) is 41.6 Å². The van der Waals surface area contributed by atoms with E-state index < -0.39 is 22.3 Å². The number of anilines is 1. The first-order valence-corrected chi connectivity index (χ1v) is 16.8. The third-order valence-electron chi connectivity index (χ3n) is 9.56. The molecular formula is C39H35N7O6. The van der Waals surface area contributed by atoms with Crippen molar-refractivity contribution in [2.45, 2.75) is 38.0 Å². The fraction of sp³-hybridized carbons (Fsp3) is 0.205. The SMILES string of the molecule is C[C@H](/C=C/CCn1cc(C(CO)c2ccccc2)nn1)[C@@]1(O)C(=O)N(Cc2cccc(-n3ncc4ccccc4c3=O)c2)c2ccc([N+](=O)[O-])cc21. The zero-order valence-corrected chi connectivity index (χ0v) is 28.2. The minimum atomic E-state index is -2.09. The lowest BCUT2D eigenvalue weighted by Gasteiger charge is -2.27. The number of fused-ring (bicyclic) bond motifs is 2. The number of nitro benzene ring substituents is 1. The van der Waals surface area contributed by atoms with Crippen molar-refractivity contribution in [2.75, 3.05) is 11.5 Å². The van der Waals surface area contributed by atoms with Gasteiger partial charge < -0.3 is 15.1 Å². The van der Waals surface area contributed by atoms with E-state index in [-0.39, 0.29) is 35.9 Å². The molecule has 1 unspecified atom stereocenters. The van der Waals surface area contributed by atoms with Gasteiger partial charge >= 0.3 is 0 Å². The van der Waals surface area contributed by atoms with E-state index in [9.17, 15) is 29.9 Å². The number of nitrogens with zero attached hydrogens (tertiary/aromatic N) is 7. The second-order valence-corrected chi connectivity index (χ2v) is 12.8. The molecule has 262 valence electrons. The number of aromatic nitrogens is 5. The number of nitro groups is 1. The second-order valence-electron chi connectivity index (χ2n) is 12.8. The van der Waals surface area contributed by atoms with E-state index >= 15 is 0 Å². The Hall–Kier alpha value is -6.31. The van der Waals surface area contributed by atoms with Gasteiger partial charge in [0.25, 0.3) is 17.2 Å². The van der Waals surface area contributed by atoms with Crippen molar-refractivity contribution in [2.24, 2.45) is 5.92 Å². The van der Waals surface area contributed by atoms with Crippen LogP contribution in [0.25, 0.3) is 16.5 Å². The molecule has 3 atom stereocenters. The fourth-order valence-corrected chi connectivity index (χ4v) is 6.73. The zero-order chi connectivity index (χ0) is 36.4. The van der Waals surface area contributed by atoms with Gasteiger partial charge in [-0.05, 0) is 41.8 Å². The summed E-state index contributed by atoms with van der Waals surface area (Å²) in [7, 11) is 0. The van der Waals surface area contributed by atoms with Crippen LogP contribution >= 0.6 is 0 Å². The van der Waals surface area contributed by atoms with Crippen LogP contribution in [0.15, 0.2) is 126 Å². The third-order valence-corrected chi connectivity index (χ3v) is 9.56. The van der Waals surface area contributed by atoms with Gasteiger partial charge in [0.15, 0.2) is 5.60 Å². The molecule has 2 aromatic heterocycles. The van der Waals surface area contributed by atoms with Gasteiger partial charge in [0.05, 0.1) is 52.6 Å². The average molecular weight is 698 g/mol. The Kier molecular flexibility index (Phi) is 9.28. The highest BCUT2D eigenvalue weighted by atomic mass is 16.6. The lowest BCUT2D eigenvalue weighted by atomic mass is 9.82. The summed E-state index contributed by atoms with van der Waals surface area (Å²) in [6, 6.07) is 27.8. The van der Waals surface area contributed by atoms with Crippen molar-refractivity contribution in [1.29, 1.82) is 0 Å². The summed E-state index contributed by atoms with van der Waals surface area (Å²) in [5, 5.41) is 47.9. The van der Waals surface area contributed by atoms with E-state index in [2.05, 4.69) is 15.4 Å². The van der Waals surface area contributed by atoms with Crippen LogP contribution in [0.5, 0.6) is 0 Å². The molecule has 6 aromatic rings. The average Bonchev–Trinajstić information content (AvgIpc) is 3.71. The molecule has 0 spiro atoms. The number of aliphatic hydroxyl groups is 2. The Balaban J connectivity index is 1.11. The van der Waals surface area contributed by atoms with Crippen LogP contribution in [-0.4, -0.2) is 52.4 Å². The molecule has 2 N–H and O–H groups in total. The molecule has 3 heterocycles. The molecule has 1 aliphatic rings. The van der Waals surface area contributed by atoms with Gasteiger partial charge in [0, 0.05) is 41.7 Å². The number of carbonyl (C=O) groups is 1. The van der Waals surface area contributed by atoms with Crippen LogP contribution in [0.3, 0.4) is 0 Å². The Bertz CT molecular complexity index is 2370. The summed E-state index contributed by atoms with van der Waals surface area (Å²) >= 11 is 0. The molecule has 0 saturated carbocycles. The largest absolute Gasteiger partial charge is 0.395 e. The van der Waals surface area contributed by atoms with Crippen molar-refractivity contribution >= 4 is 28.1 Å². The molecule has 4 aromatic carbocycles. The standard InChI is InChI=1S/C39H35N7O6/c1-26(10-7-8-19-43-24-35(41-42-43)33(25-47)28-12-3-2-4-13-28)39(50)34-21-31(46(51)52)17-18-36(34)44(38(39)49)23-27-11-9-15-30(20-27)45-37(48)32-16-6-5-14-29(32)22-40-45/h2-7,9-18,20-22,24,26,33,47,50H,8,19,23,25H2,1H3/b10-7+/t26-,33?,39+/m1/s1. The predicted molar refractivity (Wildman–Crippen MR) is 194 cm³/mol. The third kappa shape index (κ3) is 6.27. The summed E-state index contributed by atoms with van der Waals surface area (Å²) in [5.41, 5.74) is 0.615. The van der Waals surface area contributed by atoms with Gasteiger partial charge in [-0.1, -0.05) is 85.0 Å². The van der Waals surface area contributed by atoms with Crippen LogP contribution in [-0.2, 0) is 23.5 Å². The first kappa shape index (κ1) is 34.2. The number of hydrogen-bond donors (Lipinski definition) is 2. The highest BCUT2D eigenvalue weighted by Gasteiger charge is 2.53. The Morgan fingerprint density at radius 3 is 2.56 bits per heavy atom. The first-order chi connectivity index (χ1) is 25.2. The highest BCUT2D eigenvalue weighted by Crippen LogP contribution is 2.47. The van der Waals surface area contributed by atoms with Crippen LogP contribution in [0.4, 0.5) is 11.4 Å². The molecular weight excluding hydrogens is 662 g/mol. The number of non-ortho nitro benzene ring substituents is 1. The zero-order valence-electron chi connectivity index (χ0n) is 28.2. The number of allylic oxidation sites excluding steroid dienone is 1. The minimum Gasteiger partial charge on any atom is -0.395 e. The van der Waals surface area contributed by atoms with Crippen molar-refractivity contribution in [3.63, 3.8) is 0 Å². The van der Waals surface area contributed by atoms with E-state index in [0.29, 0.717) is 41.0 Å². The van der Waals surface area contributed by atoms with Gasteiger partial charge in [-0.3, -0.25) is 24.4 Å². The van der Waals surface area contributed by atoms with E-state index in [0.717, 1.165) is 10.9 Å². The van der Waals surface area contributed by atoms with Gasteiger partial charge in [0.1, 0.15) is 0 Å². The molecule has 52 heavy (non-hydrogen) atoms. The van der Waals surface area contributed by atoms with E-state index in [4.69, 9.17) is 0 Å². The van der Waals surface area contributed by atoms with Crippen molar-refractivity contribution < 1.29 is 19.9 Å². The summed E-state index contributed by atoms with van der Waals surface area (Å²) in [6.07, 6.45) is 7.45. The number of carbonyl (C=O) groups excluding carboxylic acids is 1. The fourth-order valence-electron chi connectivity index (χ4n) is 6.73. The van der Waals surface area contributed by atoms with Gasteiger partial charge in [-0.15, -0.1) is 5.10 Å². The quantitative estimate of drug-likeness (QED) is 0.101. The lowest BCUT2D eigenvalue weighted by molar-refractivity contribution is -0.385. The maximum Gasteiger partial charge on any atom is 0.279 e. The van der Waals surface area contributed by atoms with Crippen LogP contribution in [0.2, 0.25) is 0 Å². The summed E-state index contributed by atoms with van der Waals surface area (Å²) < 4.78 is 2.97. The number of benzene rings is 4. The van der Waals surface area contributed by atoms with Crippen LogP contribution in [0, 0.1) is 16.0 Å². The summed E-state index contributed by atoms with van der Waals surface area (Å²) in [6.45, 7) is 2.06. The molecule has 0 radical (unpaired) electrons. The Labute approximate surface area is 297 Å². The van der Waals surface area contributed by atoms with E-state index in [1.54, 1.807) is 66.5 Å². The number of amides is 1. The minimum absolute atomic E-state index is 0.0327. The molecule has 1 aliphatic heterocycles. The molecule has 13 nitrogen and oxygen atoms in total. The summed E-state index contributed by atoms with van der Waals surface area (Å²) in [5.74, 6) is -1.69. The number of hydrogen-bond acceptors (Lipinski definition) is 9. The van der Waals surface area contributed by atoms with Gasteiger partial charge in [0.2, 0.25) is 0 Å². The maximum absolute atomic E-state index is 14.2. The topological polar surface area (TPSA) is 170 Å². The van der Waals surface area contributed by atoms with Gasteiger partial charge in [-0.2, -0.15) is 9.78 Å². The van der Waals surface area contributed by atoms with Gasteiger partial charge in [-0.25, -0.2) is 0 Å². The van der Waals surface area contributed by atoms with Crippen molar-refractivity contribution in [1.82, 2.24) is 24.8 Å². The first-order valence-electron chi connectivity index (χ1n) is 16.8. The molecule has 13 heteroatoms. The van der Waals surface area contributed by atoms with Crippen molar-refractivity contribution in [3.05, 3.63) is 164 Å². The summed E-state index contributed by atoms with van der Waals surface area (Å²) in [4.78, 5) is 40.1. The molecule has 0 bridgehead atoms. The van der Waals surface area contributed by atoms with Crippen molar-refractivity contribution in [3.8, 4) is 5.69 Å². The maximum atomic E-state index is 14.2. The predicted octanol–water partition coefficient (Wildman–Crippen LogP) is 5.03. The van der Waals surface area contributed by atoms with E-state index in [1.807, 2.05) is 48.5 Å². The molecule has 0 fully saturated rings. The molecule has 7 rings (SSSR count).